The van der Waals surface area contributed by atoms with Gasteiger partial charge in [-0.15, -0.1) is 0 Å². The number of unbranched alkanes of at least 4 members (excludes halogenated alkanes) is 2. The standard InChI is InChI=1S/2C12H14NO.2C4H9.Sn/c2*1-9(2)11-8-14-12(13-11)10-6-4-3-5-7-10;2*1-3-4-2;/h2*4-7,9,11H,8H2,1-2H3;2*1,3-4H2,2H3;/t2*11-;;;/m11.../s1. The molecule has 200 valence electrons. The second-order valence-corrected chi connectivity index (χ2v) is 23.9. The van der Waals surface area contributed by atoms with Crippen molar-refractivity contribution in [1.82, 2.24) is 0 Å². The molecule has 2 aromatic rings. The summed E-state index contributed by atoms with van der Waals surface area (Å²) in [5.74, 6) is 2.64. The van der Waals surface area contributed by atoms with Crippen LogP contribution in [-0.4, -0.2) is 55.5 Å². The van der Waals surface area contributed by atoms with Crippen LogP contribution >= 0.6 is 0 Å². The van der Waals surface area contributed by atoms with E-state index in [2.05, 4.69) is 90.1 Å². The number of aliphatic imine (C=N–C) groups is 2. The van der Waals surface area contributed by atoms with Gasteiger partial charge in [0.15, 0.2) is 0 Å². The van der Waals surface area contributed by atoms with Crippen molar-refractivity contribution in [2.24, 2.45) is 21.8 Å². The molecule has 2 aromatic carbocycles. The Labute approximate surface area is 228 Å². The summed E-state index contributed by atoms with van der Waals surface area (Å²) < 4.78 is 17.9. The normalized spacial score (nSPS) is 19.7. The molecule has 0 aromatic heterocycles. The first-order valence-corrected chi connectivity index (χ1v) is 21.4. The molecule has 5 heteroatoms. The third kappa shape index (κ3) is 6.43. The average molecular weight is 609 g/mol. The topological polar surface area (TPSA) is 43.2 Å². The van der Waals surface area contributed by atoms with Gasteiger partial charge in [-0.3, -0.25) is 0 Å². The van der Waals surface area contributed by atoms with Crippen molar-refractivity contribution in [2.45, 2.75) is 88.2 Å². The molecular weight excluding hydrogens is 563 g/mol. The summed E-state index contributed by atoms with van der Waals surface area (Å²) in [4.78, 5) is 9.72. The predicted octanol–water partition coefficient (Wildman–Crippen LogP) is 6.45. The van der Waals surface area contributed by atoms with Crippen LogP contribution < -0.4 is 7.16 Å². The van der Waals surface area contributed by atoms with Crippen LogP contribution in [0.3, 0.4) is 0 Å². The van der Waals surface area contributed by atoms with Crippen molar-refractivity contribution in [2.75, 3.05) is 13.2 Å². The van der Waals surface area contributed by atoms with Crippen molar-refractivity contribution in [1.29, 1.82) is 0 Å². The molecule has 0 aliphatic carbocycles. The summed E-state index contributed by atoms with van der Waals surface area (Å²) in [6.45, 7) is 14.9. The first-order chi connectivity index (χ1) is 17.9. The van der Waals surface area contributed by atoms with Gasteiger partial charge in [0.2, 0.25) is 0 Å². The summed E-state index contributed by atoms with van der Waals surface area (Å²) in [5, 5.41) is 0. The Morgan fingerprint density at radius 3 is 1.35 bits per heavy atom. The minimum atomic E-state index is -2.92. The van der Waals surface area contributed by atoms with E-state index in [9.17, 15) is 0 Å². The minimum absolute atomic E-state index is 0.268. The van der Waals surface area contributed by atoms with Gasteiger partial charge >= 0.3 is 230 Å². The summed E-state index contributed by atoms with van der Waals surface area (Å²) in [6.07, 6.45) is 5.06. The van der Waals surface area contributed by atoms with Crippen molar-refractivity contribution in [3.05, 3.63) is 59.7 Å². The van der Waals surface area contributed by atoms with Crippen LogP contribution in [0.4, 0.5) is 0 Å². The summed E-state index contributed by atoms with van der Waals surface area (Å²) in [7, 11) is 0. The molecule has 0 N–H and O–H groups in total. The number of hydrogen-bond acceptors (Lipinski definition) is 4. The fourth-order valence-electron chi connectivity index (χ4n) is 5.47. The van der Waals surface area contributed by atoms with Gasteiger partial charge in [-0.25, -0.2) is 0 Å². The van der Waals surface area contributed by atoms with E-state index < -0.39 is 18.4 Å². The first kappa shape index (κ1) is 28.2. The molecule has 37 heavy (non-hydrogen) atoms. The van der Waals surface area contributed by atoms with Gasteiger partial charge in [0.25, 0.3) is 0 Å². The van der Waals surface area contributed by atoms with Crippen LogP contribution in [0.15, 0.2) is 58.5 Å². The van der Waals surface area contributed by atoms with Gasteiger partial charge in [0.1, 0.15) is 0 Å². The van der Waals surface area contributed by atoms with E-state index in [1.165, 1.54) is 34.6 Å². The molecule has 0 saturated heterocycles. The van der Waals surface area contributed by atoms with Crippen LogP contribution in [0.5, 0.6) is 0 Å². The van der Waals surface area contributed by atoms with E-state index in [0.29, 0.717) is 25.0 Å². The molecule has 4 nitrogen and oxygen atoms in total. The first-order valence-electron chi connectivity index (χ1n) is 14.5. The fourth-order valence-corrected chi connectivity index (χ4v) is 20.5. The Balaban J connectivity index is 1.67. The van der Waals surface area contributed by atoms with E-state index >= 15 is 0 Å². The van der Waals surface area contributed by atoms with Crippen LogP contribution in [0.25, 0.3) is 0 Å². The van der Waals surface area contributed by atoms with E-state index in [1.807, 2.05) is 0 Å². The molecule has 0 unspecified atom stereocenters. The fraction of sp³-hybridized carbons (Fsp3) is 0.562. The number of rotatable bonds is 12. The van der Waals surface area contributed by atoms with Gasteiger partial charge in [-0.05, 0) is 0 Å². The molecule has 4 rings (SSSR count). The van der Waals surface area contributed by atoms with Crippen LogP contribution in [0.1, 0.15) is 78.4 Å². The zero-order valence-corrected chi connectivity index (χ0v) is 26.7. The SMILES string of the molecule is CCC[CH2][Sn]([CH2]CCC)([c]1ccc(C2=N[C@@H](C(C)C)CO2)cc1)[c]1ccc(C2=N[C@@H](C(C)C)CO2)cc1. The quantitative estimate of drug-likeness (QED) is 0.260. The zero-order valence-electron chi connectivity index (χ0n) is 23.8. The zero-order chi connectivity index (χ0) is 26.4. The van der Waals surface area contributed by atoms with Crippen LogP contribution in [0, 0.1) is 11.8 Å². The Morgan fingerprint density at radius 2 is 1.05 bits per heavy atom. The predicted molar refractivity (Wildman–Crippen MR) is 160 cm³/mol. The van der Waals surface area contributed by atoms with E-state index in [0.717, 1.165) is 22.9 Å². The molecule has 2 aliphatic heterocycles. The van der Waals surface area contributed by atoms with Crippen LogP contribution in [-0.2, 0) is 9.47 Å². The molecular formula is C32H46N2O2Sn. The molecule has 0 spiro atoms. The Bertz CT molecular complexity index is 985. The number of ether oxygens (including phenoxy) is 2. The van der Waals surface area contributed by atoms with E-state index in [-0.39, 0.29) is 12.1 Å². The molecule has 0 fully saturated rings. The van der Waals surface area contributed by atoms with Crippen LogP contribution in [0.2, 0.25) is 8.87 Å². The summed E-state index contributed by atoms with van der Waals surface area (Å²) in [6, 6.07) is 19.3. The van der Waals surface area contributed by atoms with Crippen molar-refractivity contribution >= 4 is 37.3 Å². The van der Waals surface area contributed by atoms with Gasteiger partial charge in [-0.1, -0.05) is 0 Å². The van der Waals surface area contributed by atoms with E-state index in [1.54, 1.807) is 7.16 Å². The Hall–Kier alpha value is -1.82. The van der Waals surface area contributed by atoms with Gasteiger partial charge < -0.3 is 0 Å². The number of benzene rings is 2. The number of hydrogen-bond donors (Lipinski definition) is 0. The van der Waals surface area contributed by atoms with E-state index in [4.69, 9.17) is 19.5 Å². The van der Waals surface area contributed by atoms with Gasteiger partial charge in [0, 0.05) is 0 Å². The second kappa shape index (κ2) is 12.8. The second-order valence-electron chi connectivity index (χ2n) is 11.6. The maximum absolute atomic E-state index is 5.98. The molecule has 2 atom stereocenters. The molecule has 2 aliphatic rings. The van der Waals surface area contributed by atoms with Crippen molar-refractivity contribution in [3.63, 3.8) is 0 Å². The Morgan fingerprint density at radius 1 is 0.676 bits per heavy atom. The molecule has 0 amide bonds. The van der Waals surface area contributed by atoms with Crippen molar-refractivity contribution < 1.29 is 9.47 Å². The molecule has 0 radical (unpaired) electrons. The van der Waals surface area contributed by atoms with Crippen molar-refractivity contribution in [3.8, 4) is 0 Å². The molecule has 0 saturated carbocycles. The monoisotopic (exact) mass is 610 g/mol. The maximum atomic E-state index is 5.98. The average Bonchev–Trinajstić information content (AvgIpc) is 3.61. The third-order valence-corrected chi connectivity index (χ3v) is 23.3. The van der Waals surface area contributed by atoms with Gasteiger partial charge in [0.05, 0.1) is 0 Å². The third-order valence-electron chi connectivity index (χ3n) is 8.17. The Kier molecular flexibility index (Phi) is 9.77. The summed E-state index contributed by atoms with van der Waals surface area (Å²) >= 11 is -2.92. The van der Waals surface area contributed by atoms with Gasteiger partial charge in [-0.2, -0.15) is 0 Å². The number of nitrogens with zero attached hydrogens (tertiary/aromatic N) is 2. The molecule has 0 bridgehead atoms. The molecule has 2 heterocycles. The summed E-state index contributed by atoms with van der Waals surface area (Å²) in [5.41, 5.74) is 2.23.